The average molecular weight is 552 g/mol. The number of ether oxygens (including phenoxy) is 2. The van der Waals surface area contributed by atoms with Crippen molar-refractivity contribution in [3.63, 3.8) is 0 Å². The highest BCUT2D eigenvalue weighted by atomic mass is 32.2. The van der Waals surface area contributed by atoms with Crippen LogP contribution in [0.2, 0.25) is 0 Å². The summed E-state index contributed by atoms with van der Waals surface area (Å²) in [7, 11) is -4.04. The lowest BCUT2D eigenvalue weighted by Gasteiger charge is -2.22. The number of hydrogen-bond donors (Lipinski definition) is 2. The number of sulfonamides is 1. The molecule has 39 heavy (non-hydrogen) atoms. The van der Waals surface area contributed by atoms with Crippen LogP contribution < -0.4 is 19.8 Å². The zero-order valence-corrected chi connectivity index (χ0v) is 21.9. The van der Waals surface area contributed by atoms with Gasteiger partial charge in [-0.1, -0.05) is 24.3 Å². The summed E-state index contributed by atoms with van der Waals surface area (Å²) in [6, 6.07) is 19.4. The molecule has 0 unspecified atom stereocenters. The SMILES string of the molecule is O=C(COc1ccc(/C=N\NC(=O)CN(c2ccccn2)S(=O)(=O)c2ccccc2)cc1)NC[C@H]1CCCO1. The molecule has 0 radical (unpaired) electrons. The Balaban J connectivity index is 1.29. The number of nitrogens with one attached hydrogen (secondary N) is 2. The summed E-state index contributed by atoms with van der Waals surface area (Å²) in [4.78, 5) is 28.7. The molecule has 1 atom stereocenters. The molecular weight excluding hydrogens is 522 g/mol. The minimum atomic E-state index is -4.04. The first-order chi connectivity index (χ1) is 18.9. The number of amides is 2. The average Bonchev–Trinajstić information content (AvgIpc) is 3.49. The summed E-state index contributed by atoms with van der Waals surface area (Å²) in [6.07, 6.45) is 4.88. The Morgan fingerprint density at radius 1 is 1.05 bits per heavy atom. The maximum atomic E-state index is 13.2. The van der Waals surface area contributed by atoms with Gasteiger partial charge in [0.15, 0.2) is 6.61 Å². The van der Waals surface area contributed by atoms with E-state index in [1.165, 1.54) is 30.6 Å². The Morgan fingerprint density at radius 2 is 1.82 bits per heavy atom. The van der Waals surface area contributed by atoms with Gasteiger partial charge in [0.1, 0.15) is 18.1 Å². The molecule has 4 rings (SSSR count). The van der Waals surface area contributed by atoms with E-state index in [4.69, 9.17) is 9.47 Å². The fourth-order valence-electron chi connectivity index (χ4n) is 3.74. The second kappa shape index (κ2) is 13.5. The molecule has 3 aromatic rings. The van der Waals surface area contributed by atoms with Gasteiger partial charge in [-0.15, -0.1) is 0 Å². The van der Waals surface area contributed by atoms with E-state index in [1.807, 2.05) is 0 Å². The molecule has 1 aromatic heterocycles. The first kappa shape index (κ1) is 27.7. The summed E-state index contributed by atoms with van der Waals surface area (Å²) >= 11 is 0. The largest absolute Gasteiger partial charge is 0.484 e. The summed E-state index contributed by atoms with van der Waals surface area (Å²) in [5, 5.41) is 6.72. The maximum Gasteiger partial charge on any atom is 0.265 e. The summed E-state index contributed by atoms with van der Waals surface area (Å²) in [5.41, 5.74) is 3.01. The van der Waals surface area contributed by atoms with E-state index in [2.05, 4.69) is 20.8 Å². The van der Waals surface area contributed by atoms with Crippen molar-refractivity contribution in [3.8, 4) is 5.75 Å². The van der Waals surface area contributed by atoms with E-state index < -0.39 is 22.5 Å². The van der Waals surface area contributed by atoms with Gasteiger partial charge in [0, 0.05) is 19.3 Å². The highest BCUT2D eigenvalue weighted by Gasteiger charge is 2.27. The van der Waals surface area contributed by atoms with Crippen LogP contribution in [-0.4, -0.2) is 63.8 Å². The molecule has 1 saturated heterocycles. The van der Waals surface area contributed by atoms with Crippen molar-refractivity contribution in [2.75, 3.05) is 30.6 Å². The van der Waals surface area contributed by atoms with Crippen molar-refractivity contribution in [2.24, 2.45) is 5.10 Å². The van der Waals surface area contributed by atoms with Crippen LogP contribution in [0.1, 0.15) is 18.4 Å². The zero-order chi connectivity index (χ0) is 27.5. The molecule has 1 aliphatic rings. The van der Waals surface area contributed by atoms with Crippen LogP contribution in [0.4, 0.5) is 5.82 Å². The Labute approximate surface area is 226 Å². The molecule has 1 fully saturated rings. The van der Waals surface area contributed by atoms with Crippen molar-refractivity contribution in [2.45, 2.75) is 23.8 Å². The van der Waals surface area contributed by atoms with E-state index in [0.29, 0.717) is 17.9 Å². The Morgan fingerprint density at radius 3 is 2.51 bits per heavy atom. The molecule has 204 valence electrons. The van der Waals surface area contributed by atoms with Gasteiger partial charge >= 0.3 is 0 Å². The van der Waals surface area contributed by atoms with Gasteiger partial charge in [-0.05, 0) is 66.9 Å². The van der Waals surface area contributed by atoms with Crippen LogP contribution in [0.15, 0.2) is 89.0 Å². The van der Waals surface area contributed by atoms with Crippen LogP contribution >= 0.6 is 0 Å². The van der Waals surface area contributed by atoms with Crippen LogP contribution in [0.5, 0.6) is 5.75 Å². The second-order valence-corrected chi connectivity index (χ2v) is 10.5. The number of carbonyl (C=O) groups excluding carboxylic acids is 2. The van der Waals surface area contributed by atoms with E-state index in [0.717, 1.165) is 23.8 Å². The number of hydrogen-bond acceptors (Lipinski definition) is 8. The predicted octanol–water partition coefficient (Wildman–Crippen LogP) is 2.10. The summed E-state index contributed by atoms with van der Waals surface area (Å²) < 4.78 is 38.3. The topological polar surface area (TPSA) is 139 Å². The minimum Gasteiger partial charge on any atom is -0.484 e. The van der Waals surface area contributed by atoms with Crippen molar-refractivity contribution in [3.05, 3.63) is 84.6 Å². The first-order valence-corrected chi connectivity index (χ1v) is 13.8. The lowest BCUT2D eigenvalue weighted by Crippen LogP contribution is -2.40. The Hall–Kier alpha value is -4.29. The Kier molecular flexibility index (Phi) is 9.59. The number of carbonyl (C=O) groups is 2. The third-order valence-electron chi connectivity index (χ3n) is 5.73. The molecule has 0 saturated carbocycles. The lowest BCUT2D eigenvalue weighted by molar-refractivity contribution is -0.123. The van der Waals surface area contributed by atoms with E-state index in [9.17, 15) is 18.0 Å². The molecule has 2 amide bonds. The molecule has 0 aliphatic carbocycles. The Bertz CT molecular complexity index is 1360. The number of benzene rings is 2. The molecule has 2 aromatic carbocycles. The minimum absolute atomic E-state index is 0.0366. The number of nitrogens with zero attached hydrogens (tertiary/aromatic N) is 3. The van der Waals surface area contributed by atoms with Crippen molar-refractivity contribution in [1.82, 2.24) is 15.7 Å². The molecule has 1 aliphatic heterocycles. The third-order valence-corrected chi connectivity index (χ3v) is 7.49. The number of hydrazone groups is 1. The quantitative estimate of drug-likeness (QED) is 0.260. The van der Waals surface area contributed by atoms with Crippen LogP contribution in [0, 0.1) is 0 Å². The number of anilines is 1. The van der Waals surface area contributed by atoms with Gasteiger partial charge in [0.2, 0.25) is 0 Å². The zero-order valence-electron chi connectivity index (χ0n) is 21.1. The molecule has 2 heterocycles. The standard InChI is InChI=1S/C27H29N5O6S/c33-26(19-32(25-10-4-5-15-28-25)39(35,36)24-8-2-1-3-9-24)31-30-17-21-11-13-22(14-12-21)38-20-27(34)29-18-23-7-6-16-37-23/h1-5,8-15,17,23H,6-7,16,18-20H2,(H,29,34)(H,31,33)/b30-17-/t23-/m1/s1. The summed E-state index contributed by atoms with van der Waals surface area (Å²) in [6.45, 7) is 0.569. The molecule has 11 nitrogen and oxygen atoms in total. The van der Waals surface area contributed by atoms with Gasteiger partial charge in [-0.25, -0.2) is 23.1 Å². The molecule has 12 heteroatoms. The molecule has 0 bridgehead atoms. The monoisotopic (exact) mass is 551 g/mol. The molecule has 0 spiro atoms. The smallest absolute Gasteiger partial charge is 0.265 e. The van der Waals surface area contributed by atoms with E-state index in [1.54, 1.807) is 54.6 Å². The lowest BCUT2D eigenvalue weighted by atomic mass is 10.2. The molecule has 2 N–H and O–H groups in total. The number of rotatable bonds is 12. The maximum absolute atomic E-state index is 13.2. The van der Waals surface area contributed by atoms with Gasteiger partial charge in [0.05, 0.1) is 17.2 Å². The number of aromatic nitrogens is 1. The fourth-order valence-corrected chi connectivity index (χ4v) is 5.13. The van der Waals surface area contributed by atoms with Gasteiger partial charge in [-0.2, -0.15) is 5.10 Å². The third kappa shape index (κ3) is 8.09. The number of pyridine rings is 1. The van der Waals surface area contributed by atoms with E-state index >= 15 is 0 Å². The van der Waals surface area contributed by atoms with Crippen molar-refractivity contribution >= 4 is 33.9 Å². The van der Waals surface area contributed by atoms with E-state index in [-0.39, 0.29) is 29.3 Å². The molecular formula is C27H29N5O6S. The highest BCUT2D eigenvalue weighted by molar-refractivity contribution is 7.92. The first-order valence-electron chi connectivity index (χ1n) is 12.3. The van der Waals surface area contributed by atoms with Gasteiger partial charge in [-0.3, -0.25) is 9.59 Å². The van der Waals surface area contributed by atoms with Crippen molar-refractivity contribution in [1.29, 1.82) is 0 Å². The van der Waals surface area contributed by atoms with Crippen LogP contribution in [-0.2, 0) is 24.3 Å². The van der Waals surface area contributed by atoms with Crippen molar-refractivity contribution < 1.29 is 27.5 Å². The van der Waals surface area contributed by atoms with Gasteiger partial charge < -0.3 is 14.8 Å². The normalized spacial score (nSPS) is 15.1. The highest BCUT2D eigenvalue weighted by Crippen LogP contribution is 2.21. The predicted molar refractivity (Wildman–Crippen MR) is 145 cm³/mol. The van der Waals surface area contributed by atoms with Gasteiger partial charge in [0.25, 0.3) is 21.8 Å². The second-order valence-electron chi connectivity index (χ2n) is 8.60. The van der Waals surface area contributed by atoms with Crippen LogP contribution in [0.25, 0.3) is 0 Å². The fraction of sp³-hybridized carbons (Fsp3) is 0.259. The van der Waals surface area contributed by atoms with Crippen LogP contribution in [0.3, 0.4) is 0 Å². The summed E-state index contributed by atoms with van der Waals surface area (Å²) in [5.74, 6) is -0.268.